The van der Waals surface area contributed by atoms with Gasteiger partial charge in [-0.1, -0.05) is 0 Å². The van der Waals surface area contributed by atoms with E-state index in [4.69, 9.17) is 10.5 Å². The van der Waals surface area contributed by atoms with Crippen LogP contribution in [0, 0.1) is 6.92 Å². The second kappa shape index (κ2) is 3.96. The lowest BCUT2D eigenvalue weighted by atomic mass is 10.2. The second-order valence-corrected chi connectivity index (χ2v) is 3.95. The SMILES string of the molecule is Cc1cnccc1OC1CCC(N)C1. The van der Waals surface area contributed by atoms with Gasteiger partial charge in [0.2, 0.25) is 0 Å². The van der Waals surface area contributed by atoms with Crippen LogP contribution in [-0.2, 0) is 0 Å². The lowest BCUT2D eigenvalue weighted by Crippen LogP contribution is -2.19. The molecule has 2 atom stereocenters. The second-order valence-electron chi connectivity index (χ2n) is 3.95. The number of nitrogens with zero attached hydrogens (tertiary/aromatic N) is 1. The van der Waals surface area contributed by atoms with Crippen LogP contribution < -0.4 is 10.5 Å². The van der Waals surface area contributed by atoms with Gasteiger partial charge < -0.3 is 10.5 Å². The molecule has 1 aromatic heterocycles. The third-order valence-electron chi connectivity index (χ3n) is 2.69. The lowest BCUT2D eigenvalue weighted by Gasteiger charge is -2.14. The van der Waals surface area contributed by atoms with Crippen LogP contribution in [0.3, 0.4) is 0 Å². The van der Waals surface area contributed by atoms with E-state index in [1.807, 2.05) is 19.2 Å². The fourth-order valence-corrected chi connectivity index (χ4v) is 1.85. The van der Waals surface area contributed by atoms with Gasteiger partial charge in [0.1, 0.15) is 11.9 Å². The molecule has 2 unspecified atom stereocenters. The summed E-state index contributed by atoms with van der Waals surface area (Å²) < 4.78 is 5.86. The first-order valence-electron chi connectivity index (χ1n) is 5.08. The summed E-state index contributed by atoms with van der Waals surface area (Å²) in [5.74, 6) is 0.944. The molecule has 1 fully saturated rings. The molecular formula is C11H16N2O. The third kappa shape index (κ3) is 2.04. The minimum Gasteiger partial charge on any atom is -0.490 e. The van der Waals surface area contributed by atoms with Crippen LogP contribution in [0.1, 0.15) is 24.8 Å². The molecule has 0 saturated heterocycles. The summed E-state index contributed by atoms with van der Waals surface area (Å²) in [5, 5.41) is 0. The van der Waals surface area contributed by atoms with E-state index in [-0.39, 0.29) is 0 Å². The summed E-state index contributed by atoms with van der Waals surface area (Å²) >= 11 is 0. The van der Waals surface area contributed by atoms with Crippen LogP contribution in [0.5, 0.6) is 5.75 Å². The minimum atomic E-state index is 0.297. The predicted octanol–water partition coefficient (Wildman–Crippen LogP) is 1.65. The lowest BCUT2D eigenvalue weighted by molar-refractivity contribution is 0.206. The zero-order valence-electron chi connectivity index (χ0n) is 8.44. The smallest absolute Gasteiger partial charge is 0.125 e. The van der Waals surface area contributed by atoms with E-state index in [9.17, 15) is 0 Å². The van der Waals surface area contributed by atoms with Crippen molar-refractivity contribution in [2.24, 2.45) is 5.73 Å². The number of hydrogen-bond donors (Lipinski definition) is 1. The van der Waals surface area contributed by atoms with Crippen LogP contribution in [0.25, 0.3) is 0 Å². The summed E-state index contributed by atoms with van der Waals surface area (Å²) in [5.41, 5.74) is 6.92. The maximum absolute atomic E-state index is 5.86. The van der Waals surface area contributed by atoms with Crippen molar-refractivity contribution in [2.75, 3.05) is 0 Å². The van der Waals surface area contributed by atoms with E-state index in [2.05, 4.69) is 4.98 Å². The Morgan fingerprint density at radius 3 is 3.00 bits per heavy atom. The van der Waals surface area contributed by atoms with Gasteiger partial charge in [-0.15, -0.1) is 0 Å². The van der Waals surface area contributed by atoms with E-state index < -0.39 is 0 Å². The topological polar surface area (TPSA) is 48.1 Å². The Morgan fingerprint density at radius 1 is 1.50 bits per heavy atom. The van der Waals surface area contributed by atoms with Gasteiger partial charge in [-0.25, -0.2) is 0 Å². The van der Waals surface area contributed by atoms with Gasteiger partial charge >= 0.3 is 0 Å². The van der Waals surface area contributed by atoms with Crippen molar-refractivity contribution in [1.29, 1.82) is 0 Å². The fraction of sp³-hybridized carbons (Fsp3) is 0.545. The van der Waals surface area contributed by atoms with Gasteiger partial charge in [-0.2, -0.15) is 0 Å². The number of hydrogen-bond acceptors (Lipinski definition) is 3. The maximum atomic E-state index is 5.86. The Morgan fingerprint density at radius 2 is 2.36 bits per heavy atom. The number of ether oxygens (including phenoxy) is 1. The van der Waals surface area contributed by atoms with Crippen LogP contribution in [0.2, 0.25) is 0 Å². The number of rotatable bonds is 2. The van der Waals surface area contributed by atoms with Crippen molar-refractivity contribution < 1.29 is 4.74 Å². The summed E-state index contributed by atoms with van der Waals surface area (Å²) in [7, 11) is 0. The van der Waals surface area contributed by atoms with Crippen molar-refractivity contribution in [2.45, 2.75) is 38.3 Å². The molecule has 0 spiro atoms. The van der Waals surface area contributed by atoms with Crippen molar-refractivity contribution in [3.05, 3.63) is 24.0 Å². The van der Waals surface area contributed by atoms with Gasteiger partial charge in [0.05, 0.1) is 0 Å². The highest BCUT2D eigenvalue weighted by Crippen LogP contribution is 2.25. The summed E-state index contributed by atoms with van der Waals surface area (Å²) in [6, 6.07) is 2.24. The van der Waals surface area contributed by atoms with Gasteiger partial charge in [-0.3, -0.25) is 4.98 Å². The van der Waals surface area contributed by atoms with Crippen molar-refractivity contribution >= 4 is 0 Å². The molecule has 0 radical (unpaired) electrons. The van der Waals surface area contributed by atoms with Crippen molar-refractivity contribution in [3.8, 4) is 5.75 Å². The highest BCUT2D eigenvalue weighted by molar-refractivity contribution is 5.28. The highest BCUT2D eigenvalue weighted by atomic mass is 16.5. The number of nitrogens with two attached hydrogens (primary N) is 1. The van der Waals surface area contributed by atoms with Crippen LogP contribution in [0.15, 0.2) is 18.5 Å². The molecule has 1 saturated carbocycles. The van der Waals surface area contributed by atoms with E-state index in [1.54, 1.807) is 6.20 Å². The Balaban J connectivity index is 2.01. The molecule has 1 heterocycles. The molecule has 0 aliphatic heterocycles. The summed E-state index contributed by atoms with van der Waals surface area (Å²) in [4.78, 5) is 4.03. The van der Waals surface area contributed by atoms with Crippen LogP contribution in [0.4, 0.5) is 0 Å². The normalized spacial score (nSPS) is 26.4. The van der Waals surface area contributed by atoms with Gasteiger partial charge in [0, 0.05) is 24.0 Å². The molecule has 1 aromatic rings. The molecule has 1 aliphatic rings. The molecule has 1 aliphatic carbocycles. The molecule has 14 heavy (non-hydrogen) atoms. The van der Waals surface area contributed by atoms with Gasteiger partial charge in [-0.05, 0) is 32.3 Å². The third-order valence-corrected chi connectivity index (χ3v) is 2.69. The molecule has 2 N–H and O–H groups in total. The molecule has 3 heteroatoms. The van der Waals surface area contributed by atoms with Gasteiger partial charge in [0.15, 0.2) is 0 Å². The maximum Gasteiger partial charge on any atom is 0.125 e. The Bertz CT molecular complexity index is 314. The first-order chi connectivity index (χ1) is 6.75. The minimum absolute atomic E-state index is 0.297. The summed E-state index contributed by atoms with van der Waals surface area (Å²) in [6.07, 6.45) is 7.01. The van der Waals surface area contributed by atoms with Crippen LogP contribution in [-0.4, -0.2) is 17.1 Å². The first kappa shape index (κ1) is 9.46. The number of pyridine rings is 1. The Hall–Kier alpha value is -1.09. The monoisotopic (exact) mass is 192 g/mol. The zero-order valence-corrected chi connectivity index (χ0v) is 8.44. The quantitative estimate of drug-likeness (QED) is 0.775. The fourth-order valence-electron chi connectivity index (χ4n) is 1.85. The first-order valence-corrected chi connectivity index (χ1v) is 5.08. The molecule has 0 bridgehead atoms. The zero-order chi connectivity index (χ0) is 9.97. The average Bonchev–Trinajstić information content (AvgIpc) is 2.56. The molecule has 76 valence electrons. The Kier molecular flexibility index (Phi) is 2.68. The highest BCUT2D eigenvalue weighted by Gasteiger charge is 2.23. The van der Waals surface area contributed by atoms with E-state index in [1.165, 1.54) is 0 Å². The molecule has 2 rings (SSSR count). The van der Waals surface area contributed by atoms with Crippen molar-refractivity contribution in [1.82, 2.24) is 4.98 Å². The van der Waals surface area contributed by atoms with E-state index in [0.29, 0.717) is 12.1 Å². The van der Waals surface area contributed by atoms with Gasteiger partial charge in [0.25, 0.3) is 0 Å². The van der Waals surface area contributed by atoms with E-state index in [0.717, 1.165) is 30.6 Å². The molecule has 0 amide bonds. The molecular weight excluding hydrogens is 176 g/mol. The molecule has 0 aromatic carbocycles. The molecule has 3 nitrogen and oxygen atoms in total. The number of aromatic nitrogens is 1. The van der Waals surface area contributed by atoms with Crippen LogP contribution >= 0.6 is 0 Å². The number of aryl methyl sites for hydroxylation is 1. The Labute approximate surface area is 84.3 Å². The van der Waals surface area contributed by atoms with E-state index >= 15 is 0 Å². The average molecular weight is 192 g/mol. The van der Waals surface area contributed by atoms with Crippen molar-refractivity contribution in [3.63, 3.8) is 0 Å². The largest absolute Gasteiger partial charge is 0.490 e. The predicted molar refractivity (Wildman–Crippen MR) is 55.2 cm³/mol. The standard InChI is InChI=1S/C11H16N2O/c1-8-7-13-5-4-11(8)14-10-3-2-9(12)6-10/h4-5,7,9-10H,2-3,6,12H2,1H3. The summed E-state index contributed by atoms with van der Waals surface area (Å²) in [6.45, 7) is 2.01.